The van der Waals surface area contributed by atoms with Crippen LogP contribution in [0.3, 0.4) is 0 Å². The van der Waals surface area contributed by atoms with Gasteiger partial charge in [-0.1, -0.05) is 20.8 Å². The Bertz CT molecular complexity index is 292. The maximum atomic E-state index is 4.42. The van der Waals surface area contributed by atoms with Crippen molar-refractivity contribution in [2.24, 2.45) is 10.4 Å². The van der Waals surface area contributed by atoms with Crippen LogP contribution in [0.15, 0.2) is 29.0 Å². The van der Waals surface area contributed by atoms with Gasteiger partial charge in [0.2, 0.25) is 0 Å². The Hall–Kier alpha value is -1.05. The van der Waals surface area contributed by atoms with Gasteiger partial charge in [0.05, 0.1) is 0 Å². The fraction of sp³-hybridized carbons (Fsp3) is 0.545. The van der Waals surface area contributed by atoms with Crippen LogP contribution in [0.25, 0.3) is 0 Å². The molecule has 2 heterocycles. The lowest BCUT2D eigenvalue weighted by Gasteiger charge is -2.20. The summed E-state index contributed by atoms with van der Waals surface area (Å²) in [6.07, 6.45) is 9.61. The second kappa shape index (κ2) is 2.72. The summed E-state index contributed by atoms with van der Waals surface area (Å²) in [7, 11) is 0. The molecule has 70 valence electrons. The van der Waals surface area contributed by atoms with Crippen LogP contribution < -0.4 is 0 Å². The molecule has 2 aliphatic heterocycles. The predicted octanol–water partition coefficient (Wildman–Crippen LogP) is 2.55. The Morgan fingerprint density at radius 1 is 1.46 bits per heavy atom. The van der Waals surface area contributed by atoms with Crippen molar-refractivity contribution in [2.45, 2.75) is 33.4 Å². The van der Waals surface area contributed by atoms with E-state index in [0.717, 1.165) is 6.42 Å². The standard InChI is InChI=1S/C11H16N2/c1-11(2,3)9-7-10-12-5-4-6-13(10)8-9/h4-6,8,10H,7H2,1-3H3. The molecule has 13 heavy (non-hydrogen) atoms. The minimum Gasteiger partial charge on any atom is -0.332 e. The van der Waals surface area contributed by atoms with Gasteiger partial charge in [-0.05, 0) is 17.1 Å². The van der Waals surface area contributed by atoms with Crippen molar-refractivity contribution in [3.05, 3.63) is 24.0 Å². The van der Waals surface area contributed by atoms with Gasteiger partial charge >= 0.3 is 0 Å². The van der Waals surface area contributed by atoms with E-state index in [9.17, 15) is 0 Å². The molecule has 0 amide bonds. The zero-order valence-electron chi connectivity index (χ0n) is 8.49. The maximum absolute atomic E-state index is 4.42. The third kappa shape index (κ3) is 1.53. The molecule has 0 aromatic heterocycles. The molecular formula is C11H16N2. The molecule has 0 aliphatic carbocycles. The van der Waals surface area contributed by atoms with E-state index in [1.54, 1.807) is 0 Å². The van der Waals surface area contributed by atoms with Gasteiger partial charge in [-0.2, -0.15) is 0 Å². The fourth-order valence-electron chi connectivity index (χ4n) is 1.68. The Balaban J connectivity index is 2.20. The average molecular weight is 176 g/mol. The van der Waals surface area contributed by atoms with Crippen molar-refractivity contribution in [3.8, 4) is 0 Å². The second-order valence-corrected chi connectivity index (χ2v) is 4.68. The normalized spacial score (nSPS) is 26.2. The topological polar surface area (TPSA) is 15.6 Å². The lowest BCUT2D eigenvalue weighted by atomic mass is 9.86. The van der Waals surface area contributed by atoms with Crippen LogP contribution in [0.2, 0.25) is 0 Å². The molecule has 0 saturated heterocycles. The minimum absolute atomic E-state index is 0.278. The molecule has 2 nitrogen and oxygen atoms in total. The number of allylic oxidation sites excluding steroid dienone is 1. The summed E-state index contributed by atoms with van der Waals surface area (Å²) in [4.78, 5) is 6.61. The molecule has 2 rings (SSSR count). The van der Waals surface area contributed by atoms with Gasteiger partial charge in [-0.15, -0.1) is 0 Å². The molecule has 2 heteroatoms. The number of aliphatic imine (C=N–C) groups is 1. The van der Waals surface area contributed by atoms with Crippen LogP contribution in [0.5, 0.6) is 0 Å². The quantitative estimate of drug-likeness (QED) is 0.554. The Labute approximate surface area is 79.7 Å². The number of hydrogen-bond donors (Lipinski definition) is 0. The van der Waals surface area contributed by atoms with E-state index < -0.39 is 0 Å². The molecular weight excluding hydrogens is 160 g/mol. The highest BCUT2D eigenvalue weighted by molar-refractivity contribution is 5.72. The van der Waals surface area contributed by atoms with Crippen LogP contribution in [0.4, 0.5) is 0 Å². The summed E-state index contributed by atoms with van der Waals surface area (Å²) in [6.45, 7) is 6.76. The van der Waals surface area contributed by atoms with Crippen LogP contribution in [-0.4, -0.2) is 17.3 Å². The number of hydrogen-bond acceptors (Lipinski definition) is 2. The third-order valence-electron chi connectivity index (χ3n) is 2.62. The Morgan fingerprint density at radius 3 is 2.85 bits per heavy atom. The SMILES string of the molecule is CC(C)(C)C1=CN2C=CC=NC2C1. The van der Waals surface area contributed by atoms with Crippen molar-refractivity contribution in [1.82, 2.24) is 4.90 Å². The van der Waals surface area contributed by atoms with Crippen LogP contribution in [-0.2, 0) is 0 Å². The highest BCUT2D eigenvalue weighted by Crippen LogP contribution is 2.36. The first-order valence-corrected chi connectivity index (χ1v) is 4.76. The first-order chi connectivity index (χ1) is 6.07. The minimum atomic E-state index is 0.278. The Kier molecular flexibility index (Phi) is 1.79. The summed E-state index contributed by atoms with van der Waals surface area (Å²) < 4.78 is 0. The zero-order chi connectivity index (χ0) is 9.47. The van der Waals surface area contributed by atoms with Crippen LogP contribution >= 0.6 is 0 Å². The van der Waals surface area contributed by atoms with Gasteiger partial charge in [-0.25, -0.2) is 0 Å². The second-order valence-electron chi connectivity index (χ2n) is 4.68. The van der Waals surface area contributed by atoms with Crippen molar-refractivity contribution >= 4 is 6.21 Å². The molecule has 0 bridgehead atoms. The van der Waals surface area contributed by atoms with Gasteiger partial charge in [0.15, 0.2) is 0 Å². The lowest BCUT2D eigenvalue weighted by molar-refractivity contribution is 0.397. The van der Waals surface area contributed by atoms with Crippen molar-refractivity contribution < 1.29 is 0 Å². The molecule has 1 unspecified atom stereocenters. The van der Waals surface area contributed by atoms with Gasteiger partial charge in [-0.3, -0.25) is 4.99 Å². The van der Waals surface area contributed by atoms with E-state index in [0.29, 0.717) is 6.17 Å². The van der Waals surface area contributed by atoms with Crippen LogP contribution in [0.1, 0.15) is 27.2 Å². The molecule has 0 aromatic carbocycles. The molecule has 2 aliphatic rings. The van der Waals surface area contributed by atoms with E-state index in [4.69, 9.17) is 0 Å². The first-order valence-electron chi connectivity index (χ1n) is 4.76. The van der Waals surface area contributed by atoms with Crippen molar-refractivity contribution in [2.75, 3.05) is 0 Å². The third-order valence-corrected chi connectivity index (χ3v) is 2.62. The summed E-state index contributed by atoms with van der Waals surface area (Å²) in [5.41, 5.74) is 1.77. The van der Waals surface area contributed by atoms with Gasteiger partial charge < -0.3 is 4.90 Å². The van der Waals surface area contributed by atoms with E-state index in [1.807, 2.05) is 12.3 Å². The summed E-state index contributed by atoms with van der Waals surface area (Å²) in [5, 5.41) is 0. The summed E-state index contributed by atoms with van der Waals surface area (Å²) >= 11 is 0. The van der Waals surface area contributed by atoms with Gasteiger partial charge in [0.25, 0.3) is 0 Å². The van der Waals surface area contributed by atoms with Crippen LogP contribution in [0, 0.1) is 5.41 Å². The molecule has 0 N–H and O–H groups in total. The highest BCUT2D eigenvalue weighted by Gasteiger charge is 2.29. The molecule has 0 fully saturated rings. The maximum Gasteiger partial charge on any atom is 0.128 e. The molecule has 0 aromatic rings. The lowest BCUT2D eigenvalue weighted by Crippen LogP contribution is -2.21. The van der Waals surface area contributed by atoms with E-state index in [1.165, 1.54) is 5.57 Å². The number of fused-ring (bicyclic) bond motifs is 1. The summed E-state index contributed by atoms with van der Waals surface area (Å²) in [5.74, 6) is 0. The molecule has 0 radical (unpaired) electrons. The molecule has 0 spiro atoms. The molecule has 1 atom stereocenters. The highest BCUT2D eigenvalue weighted by atomic mass is 15.2. The Morgan fingerprint density at radius 2 is 2.23 bits per heavy atom. The fourth-order valence-corrected chi connectivity index (χ4v) is 1.68. The van der Waals surface area contributed by atoms with Gasteiger partial charge in [0, 0.05) is 25.0 Å². The molecule has 0 saturated carbocycles. The number of rotatable bonds is 0. The van der Waals surface area contributed by atoms with Crippen molar-refractivity contribution in [3.63, 3.8) is 0 Å². The first kappa shape index (κ1) is 8.54. The average Bonchev–Trinajstić information content (AvgIpc) is 2.45. The van der Waals surface area contributed by atoms with Gasteiger partial charge in [0.1, 0.15) is 6.17 Å². The predicted molar refractivity (Wildman–Crippen MR) is 55.4 cm³/mol. The van der Waals surface area contributed by atoms with E-state index in [2.05, 4.69) is 43.1 Å². The zero-order valence-corrected chi connectivity index (χ0v) is 8.49. The monoisotopic (exact) mass is 176 g/mol. The van der Waals surface area contributed by atoms with Crippen molar-refractivity contribution in [1.29, 1.82) is 0 Å². The van der Waals surface area contributed by atoms with E-state index in [-0.39, 0.29) is 5.41 Å². The largest absolute Gasteiger partial charge is 0.332 e. The number of nitrogens with zero attached hydrogens (tertiary/aromatic N) is 2. The van der Waals surface area contributed by atoms with E-state index >= 15 is 0 Å². The summed E-state index contributed by atoms with van der Waals surface area (Å²) in [6, 6.07) is 0. The smallest absolute Gasteiger partial charge is 0.128 e.